The Morgan fingerprint density at radius 1 is 1.08 bits per heavy atom. The average Bonchev–Trinajstić information content (AvgIpc) is 2.57. The van der Waals surface area contributed by atoms with Crippen molar-refractivity contribution in [1.29, 1.82) is 0 Å². The number of hydrogen-bond donors (Lipinski definition) is 2. The maximum atomic E-state index is 12.4. The fourth-order valence-electron chi connectivity index (χ4n) is 2.20. The summed E-state index contributed by atoms with van der Waals surface area (Å²) in [5.74, 6) is -0.206. The molecule has 6 heteroatoms. The fourth-order valence-corrected chi connectivity index (χ4v) is 3.34. The smallest absolute Gasteiger partial charge is 0.261 e. The first kappa shape index (κ1) is 18.0. The van der Waals surface area contributed by atoms with Crippen LogP contribution in [0.4, 0.5) is 5.69 Å². The molecule has 2 aromatic rings. The van der Waals surface area contributed by atoms with Crippen molar-refractivity contribution in [3.8, 4) is 0 Å². The van der Waals surface area contributed by atoms with Crippen molar-refractivity contribution >= 4 is 21.6 Å². The molecule has 0 unspecified atom stereocenters. The lowest BCUT2D eigenvalue weighted by Gasteiger charge is -2.16. The summed E-state index contributed by atoms with van der Waals surface area (Å²) in [7, 11) is -3.69. The number of anilines is 1. The highest BCUT2D eigenvalue weighted by atomic mass is 32.2. The molecule has 0 aliphatic carbocycles. The highest BCUT2D eigenvalue weighted by Crippen LogP contribution is 2.22. The van der Waals surface area contributed by atoms with Crippen LogP contribution in [0, 0.1) is 6.92 Å². The zero-order chi connectivity index (χ0) is 17.7. The van der Waals surface area contributed by atoms with Gasteiger partial charge in [0.25, 0.3) is 15.9 Å². The van der Waals surface area contributed by atoms with Gasteiger partial charge in [-0.15, -0.1) is 0 Å². The molecule has 0 heterocycles. The van der Waals surface area contributed by atoms with E-state index in [1.54, 1.807) is 43.3 Å². The summed E-state index contributed by atoms with van der Waals surface area (Å²) in [6.45, 7) is 5.64. The second-order valence-corrected chi connectivity index (χ2v) is 7.36. The van der Waals surface area contributed by atoms with Gasteiger partial charge in [0.05, 0.1) is 10.6 Å². The molecule has 0 saturated heterocycles. The molecular weight excluding hydrogens is 324 g/mol. The molecule has 0 spiro atoms. The Bertz CT molecular complexity index is 817. The third-order valence-corrected chi connectivity index (χ3v) is 5.25. The number of carbonyl (C=O) groups is 1. The first-order chi connectivity index (χ1) is 11.3. The van der Waals surface area contributed by atoms with Crippen molar-refractivity contribution in [3.63, 3.8) is 0 Å². The monoisotopic (exact) mass is 346 g/mol. The van der Waals surface area contributed by atoms with Crippen LogP contribution >= 0.6 is 0 Å². The Kier molecular flexibility index (Phi) is 5.62. The minimum Gasteiger partial charge on any atom is -0.350 e. The van der Waals surface area contributed by atoms with Crippen LogP contribution in [0.25, 0.3) is 0 Å². The van der Waals surface area contributed by atoms with Gasteiger partial charge in [0.1, 0.15) is 0 Å². The molecular formula is C18H22N2O3S. The van der Waals surface area contributed by atoms with Gasteiger partial charge in [0.15, 0.2) is 0 Å². The predicted molar refractivity (Wildman–Crippen MR) is 95.6 cm³/mol. The quantitative estimate of drug-likeness (QED) is 0.842. The van der Waals surface area contributed by atoms with Crippen LogP contribution in [-0.2, 0) is 10.0 Å². The number of nitrogens with one attached hydrogen (secondary N) is 2. The molecule has 0 radical (unpaired) electrons. The van der Waals surface area contributed by atoms with Gasteiger partial charge in [-0.2, -0.15) is 0 Å². The van der Waals surface area contributed by atoms with E-state index in [9.17, 15) is 13.2 Å². The average molecular weight is 346 g/mol. The van der Waals surface area contributed by atoms with Crippen LogP contribution < -0.4 is 10.0 Å². The molecule has 128 valence electrons. The predicted octanol–water partition coefficient (Wildman–Crippen LogP) is 3.32. The van der Waals surface area contributed by atoms with Crippen molar-refractivity contribution in [1.82, 2.24) is 5.32 Å². The van der Waals surface area contributed by atoms with Gasteiger partial charge in [-0.05, 0) is 50.1 Å². The molecule has 2 rings (SSSR count). The summed E-state index contributed by atoms with van der Waals surface area (Å²) in [6, 6.07) is 13.2. The lowest BCUT2D eigenvalue weighted by Crippen LogP contribution is -2.32. The second-order valence-electron chi connectivity index (χ2n) is 5.68. The van der Waals surface area contributed by atoms with Gasteiger partial charge < -0.3 is 5.32 Å². The largest absolute Gasteiger partial charge is 0.350 e. The van der Waals surface area contributed by atoms with Crippen LogP contribution in [0.3, 0.4) is 0 Å². The van der Waals surface area contributed by atoms with E-state index in [1.807, 2.05) is 13.8 Å². The van der Waals surface area contributed by atoms with Crippen LogP contribution in [0.2, 0.25) is 0 Å². The number of amides is 1. The van der Waals surface area contributed by atoms with Gasteiger partial charge in [-0.3, -0.25) is 9.52 Å². The number of benzene rings is 2. The van der Waals surface area contributed by atoms with Crippen LogP contribution in [0.5, 0.6) is 0 Å². The zero-order valence-electron chi connectivity index (χ0n) is 14.0. The van der Waals surface area contributed by atoms with E-state index in [1.165, 1.54) is 12.1 Å². The van der Waals surface area contributed by atoms with Crippen LogP contribution in [-0.4, -0.2) is 20.4 Å². The van der Waals surface area contributed by atoms with E-state index in [2.05, 4.69) is 10.0 Å². The van der Waals surface area contributed by atoms with Crippen molar-refractivity contribution in [2.75, 3.05) is 4.72 Å². The molecule has 24 heavy (non-hydrogen) atoms. The van der Waals surface area contributed by atoms with Crippen molar-refractivity contribution in [2.24, 2.45) is 0 Å². The maximum Gasteiger partial charge on any atom is 0.261 e. The minimum atomic E-state index is -3.69. The minimum absolute atomic E-state index is 0.0570. The van der Waals surface area contributed by atoms with E-state index in [0.717, 1.165) is 6.42 Å². The van der Waals surface area contributed by atoms with E-state index in [4.69, 9.17) is 0 Å². The highest BCUT2D eigenvalue weighted by Gasteiger charge is 2.18. The standard InChI is InChI=1S/C18H22N2O3S/c1-4-13(2)19-18(21)16-11-8-12-17(14(16)3)20-24(22,23)15-9-6-5-7-10-15/h5-13,20H,4H2,1-3H3,(H,19,21)/t13-/m1/s1. The summed E-state index contributed by atoms with van der Waals surface area (Å²) in [4.78, 5) is 12.5. The van der Waals surface area contributed by atoms with Crippen molar-refractivity contribution in [3.05, 3.63) is 59.7 Å². The topological polar surface area (TPSA) is 75.3 Å². The second kappa shape index (κ2) is 7.49. The van der Waals surface area contributed by atoms with Gasteiger partial charge in [0, 0.05) is 11.6 Å². The zero-order valence-corrected chi connectivity index (χ0v) is 14.9. The van der Waals surface area contributed by atoms with E-state index < -0.39 is 10.0 Å². The Hall–Kier alpha value is -2.34. The van der Waals surface area contributed by atoms with Gasteiger partial charge in [0.2, 0.25) is 0 Å². The van der Waals surface area contributed by atoms with E-state index in [0.29, 0.717) is 16.8 Å². The maximum absolute atomic E-state index is 12.4. The van der Waals surface area contributed by atoms with E-state index >= 15 is 0 Å². The van der Waals surface area contributed by atoms with Crippen molar-refractivity contribution < 1.29 is 13.2 Å². The first-order valence-electron chi connectivity index (χ1n) is 7.83. The Morgan fingerprint density at radius 3 is 2.38 bits per heavy atom. The third kappa shape index (κ3) is 4.14. The number of sulfonamides is 1. The fraction of sp³-hybridized carbons (Fsp3) is 0.278. The van der Waals surface area contributed by atoms with Crippen molar-refractivity contribution in [2.45, 2.75) is 38.1 Å². The Labute approximate surface area is 143 Å². The van der Waals surface area contributed by atoms with E-state index in [-0.39, 0.29) is 16.8 Å². The summed E-state index contributed by atoms with van der Waals surface area (Å²) in [6.07, 6.45) is 0.825. The molecule has 0 aromatic heterocycles. The first-order valence-corrected chi connectivity index (χ1v) is 9.31. The van der Waals surface area contributed by atoms with Crippen LogP contribution in [0.1, 0.15) is 36.2 Å². The SMILES string of the molecule is CC[C@@H](C)NC(=O)c1cccc(NS(=O)(=O)c2ccccc2)c1C. The van der Waals surface area contributed by atoms with Gasteiger partial charge >= 0.3 is 0 Å². The lowest BCUT2D eigenvalue weighted by molar-refractivity contribution is 0.0938. The summed E-state index contributed by atoms with van der Waals surface area (Å²) >= 11 is 0. The summed E-state index contributed by atoms with van der Waals surface area (Å²) < 4.78 is 27.5. The van der Waals surface area contributed by atoms with Gasteiger partial charge in [-0.25, -0.2) is 8.42 Å². The molecule has 0 aliphatic heterocycles. The molecule has 0 fully saturated rings. The summed E-state index contributed by atoms with van der Waals surface area (Å²) in [5, 5.41) is 2.89. The highest BCUT2D eigenvalue weighted by molar-refractivity contribution is 7.92. The molecule has 0 saturated carbocycles. The molecule has 1 amide bonds. The molecule has 0 aliphatic rings. The number of rotatable bonds is 6. The number of carbonyl (C=O) groups excluding carboxylic acids is 1. The normalized spacial score (nSPS) is 12.5. The lowest BCUT2D eigenvalue weighted by atomic mass is 10.1. The Morgan fingerprint density at radius 2 is 1.75 bits per heavy atom. The summed E-state index contributed by atoms with van der Waals surface area (Å²) in [5.41, 5.74) is 1.46. The molecule has 1 atom stereocenters. The number of hydrogen-bond acceptors (Lipinski definition) is 3. The molecule has 5 nitrogen and oxygen atoms in total. The third-order valence-electron chi connectivity index (χ3n) is 3.87. The van der Waals surface area contributed by atoms with Crippen LogP contribution in [0.15, 0.2) is 53.4 Å². The molecule has 0 bridgehead atoms. The van der Waals surface area contributed by atoms with Gasteiger partial charge in [-0.1, -0.05) is 31.2 Å². The Balaban J connectivity index is 2.30. The molecule has 2 aromatic carbocycles. The molecule has 2 N–H and O–H groups in total.